The maximum absolute atomic E-state index is 11.7. The minimum absolute atomic E-state index is 0.213. The predicted molar refractivity (Wildman–Crippen MR) is 67.7 cm³/mol. The molecule has 0 saturated heterocycles. The third kappa shape index (κ3) is 4.04. The predicted octanol–water partition coefficient (Wildman–Crippen LogP) is 2.62. The molecule has 0 spiro atoms. The Bertz CT molecular complexity index is 443. The van der Waals surface area contributed by atoms with Crippen molar-refractivity contribution >= 4 is 23.5 Å². The number of halogens is 1. The second kappa shape index (κ2) is 7.01. The zero-order valence-corrected chi connectivity index (χ0v) is 11.1. The summed E-state index contributed by atoms with van der Waals surface area (Å²) in [5.41, 5.74) is 1.12. The molecule has 18 heavy (non-hydrogen) atoms. The maximum atomic E-state index is 11.7. The molecule has 0 aliphatic rings. The van der Waals surface area contributed by atoms with Gasteiger partial charge in [0.05, 0.1) is 19.3 Å². The zero-order valence-electron chi connectivity index (χ0n) is 10.4. The summed E-state index contributed by atoms with van der Waals surface area (Å²) in [6, 6.07) is 4.95. The summed E-state index contributed by atoms with van der Waals surface area (Å²) in [6.45, 7) is 2.03. The molecule has 0 fully saturated rings. The fourth-order valence-corrected chi connectivity index (χ4v) is 1.68. The van der Waals surface area contributed by atoms with Crippen molar-refractivity contribution < 1.29 is 19.1 Å². The molecule has 0 atom stereocenters. The zero-order chi connectivity index (χ0) is 13.5. The quantitative estimate of drug-likeness (QED) is 0.772. The van der Waals surface area contributed by atoms with Crippen LogP contribution in [-0.2, 0) is 20.7 Å². The molecular formula is C13H15ClO4. The first-order chi connectivity index (χ1) is 8.58. The Morgan fingerprint density at radius 1 is 1.33 bits per heavy atom. The average molecular weight is 271 g/mol. The molecule has 4 nitrogen and oxygen atoms in total. The van der Waals surface area contributed by atoms with Gasteiger partial charge in [-0.2, -0.15) is 0 Å². The highest BCUT2D eigenvalue weighted by Crippen LogP contribution is 2.18. The number of rotatable bonds is 5. The van der Waals surface area contributed by atoms with Crippen molar-refractivity contribution in [2.45, 2.75) is 19.8 Å². The Kier molecular flexibility index (Phi) is 5.65. The van der Waals surface area contributed by atoms with Crippen molar-refractivity contribution in [2.24, 2.45) is 0 Å². The van der Waals surface area contributed by atoms with Crippen molar-refractivity contribution in [1.29, 1.82) is 0 Å². The molecule has 1 aromatic rings. The van der Waals surface area contributed by atoms with Crippen LogP contribution in [0.25, 0.3) is 0 Å². The fraction of sp³-hybridized carbons (Fsp3) is 0.385. The Labute approximate surface area is 111 Å². The highest BCUT2D eigenvalue weighted by molar-refractivity contribution is 6.31. The molecule has 0 N–H and O–H groups in total. The van der Waals surface area contributed by atoms with Gasteiger partial charge in [0.15, 0.2) is 0 Å². The lowest BCUT2D eigenvalue weighted by molar-refractivity contribution is -0.140. The maximum Gasteiger partial charge on any atom is 0.338 e. The molecule has 0 radical (unpaired) electrons. The SMILES string of the molecule is CCOC(=O)c1cc(Cl)ccc1CCC(=O)OC. The second-order valence-corrected chi connectivity index (χ2v) is 4.03. The van der Waals surface area contributed by atoms with Crippen molar-refractivity contribution in [3.63, 3.8) is 0 Å². The van der Waals surface area contributed by atoms with E-state index in [1.54, 1.807) is 25.1 Å². The van der Waals surface area contributed by atoms with E-state index in [1.807, 2.05) is 0 Å². The molecule has 0 unspecified atom stereocenters. The van der Waals surface area contributed by atoms with Crippen LogP contribution in [0.1, 0.15) is 29.3 Å². The van der Waals surface area contributed by atoms with Crippen molar-refractivity contribution in [3.05, 3.63) is 34.3 Å². The molecule has 0 saturated carbocycles. The Balaban J connectivity index is 2.89. The Hall–Kier alpha value is -1.55. The smallest absolute Gasteiger partial charge is 0.338 e. The first-order valence-electron chi connectivity index (χ1n) is 5.60. The highest BCUT2D eigenvalue weighted by Gasteiger charge is 2.14. The summed E-state index contributed by atoms with van der Waals surface area (Å²) in [7, 11) is 1.33. The molecule has 1 aromatic carbocycles. The first-order valence-corrected chi connectivity index (χ1v) is 5.98. The minimum atomic E-state index is -0.431. The van der Waals surface area contributed by atoms with Gasteiger partial charge in [-0.25, -0.2) is 4.79 Å². The molecule has 0 aliphatic carbocycles. The number of methoxy groups -OCH3 is 1. The molecule has 5 heteroatoms. The van der Waals surface area contributed by atoms with E-state index in [-0.39, 0.29) is 12.4 Å². The van der Waals surface area contributed by atoms with Crippen molar-refractivity contribution in [2.75, 3.05) is 13.7 Å². The summed E-state index contributed by atoms with van der Waals surface area (Å²) in [5.74, 6) is -0.750. The molecule has 0 amide bonds. The van der Waals surface area contributed by atoms with Gasteiger partial charge in [0.2, 0.25) is 0 Å². The molecule has 1 rings (SSSR count). The van der Waals surface area contributed by atoms with E-state index in [4.69, 9.17) is 16.3 Å². The second-order valence-electron chi connectivity index (χ2n) is 3.60. The Morgan fingerprint density at radius 3 is 2.67 bits per heavy atom. The number of carbonyl (C=O) groups is 2. The highest BCUT2D eigenvalue weighted by atomic mass is 35.5. The van der Waals surface area contributed by atoms with Crippen LogP contribution in [0.2, 0.25) is 5.02 Å². The summed E-state index contributed by atoms with van der Waals surface area (Å²) in [5, 5.41) is 0.458. The largest absolute Gasteiger partial charge is 0.469 e. The van der Waals surface area contributed by atoms with Crippen LogP contribution in [0, 0.1) is 0 Å². The van der Waals surface area contributed by atoms with Gasteiger partial charge in [-0.3, -0.25) is 4.79 Å². The molecule has 0 heterocycles. The third-order valence-corrected chi connectivity index (χ3v) is 2.63. The van der Waals surface area contributed by atoms with Gasteiger partial charge < -0.3 is 9.47 Å². The number of esters is 2. The van der Waals surface area contributed by atoms with Gasteiger partial charge in [0.1, 0.15) is 0 Å². The normalized spacial score (nSPS) is 9.94. The van der Waals surface area contributed by atoms with Gasteiger partial charge in [-0.1, -0.05) is 17.7 Å². The van der Waals surface area contributed by atoms with Crippen LogP contribution >= 0.6 is 11.6 Å². The standard InChI is InChI=1S/C13H15ClO4/c1-3-18-13(16)11-8-10(14)6-4-9(11)5-7-12(15)17-2/h4,6,8H,3,5,7H2,1-2H3. The van der Waals surface area contributed by atoms with Crippen LogP contribution < -0.4 is 0 Å². The topological polar surface area (TPSA) is 52.6 Å². The van der Waals surface area contributed by atoms with E-state index in [2.05, 4.69) is 4.74 Å². The van der Waals surface area contributed by atoms with Crippen LogP contribution in [0.15, 0.2) is 18.2 Å². The van der Waals surface area contributed by atoms with E-state index in [9.17, 15) is 9.59 Å². The number of aryl methyl sites for hydroxylation is 1. The number of ether oxygens (including phenoxy) is 2. The summed E-state index contributed by atoms with van der Waals surface area (Å²) >= 11 is 5.85. The van der Waals surface area contributed by atoms with Gasteiger partial charge in [0, 0.05) is 11.4 Å². The number of hydrogen-bond acceptors (Lipinski definition) is 4. The van der Waals surface area contributed by atoms with Crippen molar-refractivity contribution in [1.82, 2.24) is 0 Å². The summed E-state index contributed by atoms with van der Waals surface area (Å²) < 4.78 is 9.51. The number of hydrogen-bond donors (Lipinski definition) is 0. The van der Waals surface area contributed by atoms with Gasteiger partial charge in [-0.05, 0) is 31.0 Å². The monoisotopic (exact) mass is 270 g/mol. The lowest BCUT2D eigenvalue weighted by atomic mass is 10.0. The lowest BCUT2D eigenvalue weighted by Crippen LogP contribution is -2.10. The van der Waals surface area contributed by atoms with Crippen molar-refractivity contribution in [3.8, 4) is 0 Å². The molecule has 0 bridgehead atoms. The van der Waals surface area contributed by atoms with E-state index >= 15 is 0 Å². The summed E-state index contributed by atoms with van der Waals surface area (Å²) in [6.07, 6.45) is 0.628. The molecule has 0 aliphatic heterocycles. The summed E-state index contributed by atoms with van der Waals surface area (Å²) in [4.78, 5) is 22.8. The fourth-order valence-electron chi connectivity index (χ4n) is 1.50. The van der Waals surface area contributed by atoms with Crippen LogP contribution in [0.4, 0.5) is 0 Å². The number of carbonyl (C=O) groups excluding carboxylic acids is 2. The van der Waals surface area contributed by atoms with Crippen LogP contribution in [-0.4, -0.2) is 25.7 Å². The third-order valence-electron chi connectivity index (χ3n) is 2.39. The van der Waals surface area contributed by atoms with Crippen LogP contribution in [0.3, 0.4) is 0 Å². The van der Waals surface area contributed by atoms with Gasteiger partial charge in [0.25, 0.3) is 0 Å². The first kappa shape index (κ1) is 14.5. The average Bonchev–Trinajstić information content (AvgIpc) is 2.37. The molecule has 98 valence electrons. The van der Waals surface area contributed by atoms with E-state index in [1.165, 1.54) is 7.11 Å². The molecule has 0 aromatic heterocycles. The van der Waals surface area contributed by atoms with Gasteiger partial charge >= 0.3 is 11.9 Å². The molecular weight excluding hydrogens is 256 g/mol. The number of benzene rings is 1. The minimum Gasteiger partial charge on any atom is -0.469 e. The van der Waals surface area contributed by atoms with Gasteiger partial charge in [-0.15, -0.1) is 0 Å². The lowest BCUT2D eigenvalue weighted by Gasteiger charge is -2.08. The Morgan fingerprint density at radius 2 is 2.06 bits per heavy atom. The van der Waals surface area contributed by atoms with Crippen LogP contribution in [0.5, 0.6) is 0 Å². The van der Waals surface area contributed by atoms with E-state index in [0.717, 1.165) is 5.56 Å². The van der Waals surface area contributed by atoms with E-state index in [0.29, 0.717) is 23.6 Å². The van der Waals surface area contributed by atoms with E-state index < -0.39 is 5.97 Å².